The van der Waals surface area contributed by atoms with E-state index in [2.05, 4.69) is 5.10 Å². The Kier molecular flexibility index (Phi) is 3.01. The number of hydrogen-bond acceptors (Lipinski definition) is 3. The molecule has 94 valence electrons. The summed E-state index contributed by atoms with van der Waals surface area (Å²) >= 11 is 0. The molecule has 0 radical (unpaired) electrons. The average molecular weight is 247 g/mol. The number of carboxylic acid groups (broad SMARTS) is 1. The summed E-state index contributed by atoms with van der Waals surface area (Å²) in [6, 6.07) is 7.18. The molecule has 6 nitrogen and oxygen atoms in total. The van der Waals surface area contributed by atoms with Crippen molar-refractivity contribution < 1.29 is 9.90 Å². The molecule has 1 heterocycles. The minimum absolute atomic E-state index is 0.246. The van der Waals surface area contributed by atoms with Crippen LogP contribution in [0.2, 0.25) is 0 Å². The molecule has 2 rings (SSSR count). The Hall–Kier alpha value is -2.37. The van der Waals surface area contributed by atoms with Gasteiger partial charge < -0.3 is 5.11 Å². The Bertz CT molecular complexity index is 655. The second kappa shape index (κ2) is 4.48. The van der Waals surface area contributed by atoms with Gasteiger partial charge in [-0.1, -0.05) is 12.1 Å². The maximum absolute atomic E-state index is 12.0. The molecule has 6 heteroatoms. The first kappa shape index (κ1) is 12.1. The van der Waals surface area contributed by atoms with Crippen LogP contribution in [-0.2, 0) is 6.54 Å². The number of hydrogen-bond donors (Lipinski definition) is 1. The Morgan fingerprint density at radius 3 is 2.67 bits per heavy atom. The number of nitrogens with zero attached hydrogens (tertiary/aromatic N) is 3. The first-order valence-electron chi connectivity index (χ1n) is 5.54. The lowest BCUT2D eigenvalue weighted by molar-refractivity contribution is 0.0677. The van der Waals surface area contributed by atoms with Gasteiger partial charge in [0, 0.05) is 6.54 Å². The fraction of sp³-hybridized carbons (Fsp3) is 0.250. The van der Waals surface area contributed by atoms with Crippen LogP contribution in [0.1, 0.15) is 23.1 Å². The molecular formula is C12H13N3O3. The lowest BCUT2D eigenvalue weighted by Crippen LogP contribution is -2.24. The minimum atomic E-state index is -1.21. The summed E-state index contributed by atoms with van der Waals surface area (Å²) in [7, 11) is 0. The topological polar surface area (TPSA) is 77.1 Å². The molecule has 0 fully saturated rings. The van der Waals surface area contributed by atoms with Crippen molar-refractivity contribution in [1.29, 1.82) is 0 Å². The highest BCUT2D eigenvalue weighted by Gasteiger charge is 2.18. The van der Waals surface area contributed by atoms with Crippen molar-refractivity contribution in [3.8, 4) is 5.69 Å². The highest BCUT2D eigenvalue weighted by molar-refractivity contribution is 5.83. The highest BCUT2D eigenvalue weighted by atomic mass is 16.4. The Labute approximate surface area is 103 Å². The summed E-state index contributed by atoms with van der Waals surface area (Å²) in [6.07, 6.45) is 0. The predicted molar refractivity (Wildman–Crippen MR) is 65.2 cm³/mol. The second-order valence-electron chi connectivity index (χ2n) is 3.91. The van der Waals surface area contributed by atoms with Gasteiger partial charge >= 0.3 is 11.7 Å². The van der Waals surface area contributed by atoms with Gasteiger partial charge in [0.25, 0.3) is 0 Å². The van der Waals surface area contributed by atoms with Gasteiger partial charge in [-0.3, -0.25) is 4.57 Å². The fourth-order valence-electron chi connectivity index (χ4n) is 1.77. The van der Waals surface area contributed by atoms with E-state index in [4.69, 9.17) is 5.11 Å². The van der Waals surface area contributed by atoms with E-state index in [0.717, 1.165) is 14.8 Å². The Morgan fingerprint density at radius 2 is 2.17 bits per heavy atom. The van der Waals surface area contributed by atoms with E-state index >= 15 is 0 Å². The van der Waals surface area contributed by atoms with Gasteiger partial charge in [-0.15, -0.1) is 5.10 Å². The number of carboxylic acids is 1. The zero-order valence-corrected chi connectivity index (χ0v) is 10.1. The highest BCUT2D eigenvalue weighted by Crippen LogP contribution is 2.07. The first-order valence-corrected chi connectivity index (χ1v) is 5.54. The van der Waals surface area contributed by atoms with Crippen molar-refractivity contribution in [1.82, 2.24) is 14.3 Å². The van der Waals surface area contributed by atoms with Crippen molar-refractivity contribution in [2.45, 2.75) is 20.4 Å². The molecule has 1 aromatic heterocycles. The van der Waals surface area contributed by atoms with Crippen LogP contribution in [0.3, 0.4) is 0 Å². The zero-order valence-electron chi connectivity index (χ0n) is 10.1. The first-order chi connectivity index (χ1) is 8.54. The molecule has 0 saturated carbocycles. The third-order valence-corrected chi connectivity index (χ3v) is 2.62. The fourth-order valence-corrected chi connectivity index (χ4v) is 1.77. The SMILES string of the molecule is CCn1c(C(=O)O)nn(-c2cccc(C)c2)c1=O. The van der Waals surface area contributed by atoms with Gasteiger partial charge in [0.05, 0.1) is 5.69 Å². The minimum Gasteiger partial charge on any atom is -0.475 e. The number of aryl methyl sites for hydroxylation is 1. The maximum atomic E-state index is 12.0. The Balaban J connectivity index is 2.66. The van der Waals surface area contributed by atoms with Crippen molar-refractivity contribution in [3.63, 3.8) is 0 Å². The number of rotatable bonds is 3. The van der Waals surface area contributed by atoms with E-state index in [9.17, 15) is 9.59 Å². The predicted octanol–water partition coefficient (Wildman–Crippen LogP) is 1.06. The van der Waals surface area contributed by atoms with E-state index in [-0.39, 0.29) is 12.4 Å². The molecule has 0 bridgehead atoms. The average Bonchev–Trinajstić information content (AvgIpc) is 2.66. The lowest BCUT2D eigenvalue weighted by Gasteiger charge is -1.99. The Morgan fingerprint density at radius 1 is 1.44 bits per heavy atom. The number of carbonyl (C=O) groups is 1. The summed E-state index contributed by atoms with van der Waals surface area (Å²) in [6.45, 7) is 3.87. The third kappa shape index (κ3) is 1.92. The zero-order chi connectivity index (χ0) is 13.3. The summed E-state index contributed by atoms with van der Waals surface area (Å²) in [5.41, 5.74) is 1.09. The monoisotopic (exact) mass is 247 g/mol. The van der Waals surface area contributed by atoms with Gasteiger partial charge in [-0.2, -0.15) is 4.68 Å². The molecule has 0 amide bonds. The molecule has 0 spiro atoms. The number of benzene rings is 1. The smallest absolute Gasteiger partial charge is 0.374 e. The second-order valence-corrected chi connectivity index (χ2v) is 3.91. The molecule has 0 aliphatic carbocycles. The maximum Gasteiger partial charge on any atom is 0.374 e. The summed E-state index contributed by atoms with van der Waals surface area (Å²) in [4.78, 5) is 23.0. The molecule has 0 aliphatic heterocycles. The molecule has 0 atom stereocenters. The van der Waals surface area contributed by atoms with Crippen LogP contribution < -0.4 is 5.69 Å². The van der Waals surface area contributed by atoms with E-state index in [1.165, 1.54) is 0 Å². The van der Waals surface area contributed by atoms with Crippen LogP contribution in [0.15, 0.2) is 29.1 Å². The lowest BCUT2D eigenvalue weighted by atomic mass is 10.2. The van der Waals surface area contributed by atoms with E-state index in [1.807, 2.05) is 13.0 Å². The third-order valence-electron chi connectivity index (χ3n) is 2.62. The van der Waals surface area contributed by atoms with Crippen molar-refractivity contribution in [3.05, 3.63) is 46.1 Å². The van der Waals surface area contributed by atoms with Crippen LogP contribution in [0.5, 0.6) is 0 Å². The van der Waals surface area contributed by atoms with Crippen LogP contribution in [-0.4, -0.2) is 25.4 Å². The van der Waals surface area contributed by atoms with Gasteiger partial charge in [-0.25, -0.2) is 9.59 Å². The van der Waals surface area contributed by atoms with E-state index in [0.29, 0.717) is 5.69 Å². The van der Waals surface area contributed by atoms with Crippen molar-refractivity contribution in [2.24, 2.45) is 0 Å². The molecule has 18 heavy (non-hydrogen) atoms. The summed E-state index contributed by atoms with van der Waals surface area (Å²) in [5.74, 6) is -1.45. The van der Waals surface area contributed by atoms with Crippen LogP contribution >= 0.6 is 0 Å². The van der Waals surface area contributed by atoms with Gasteiger partial charge in [-0.05, 0) is 31.5 Å². The van der Waals surface area contributed by atoms with Crippen molar-refractivity contribution >= 4 is 5.97 Å². The van der Waals surface area contributed by atoms with Gasteiger partial charge in [0.15, 0.2) is 0 Å². The molecule has 0 saturated heterocycles. The van der Waals surface area contributed by atoms with Crippen molar-refractivity contribution in [2.75, 3.05) is 0 Å². The molecule has 1 N–H and O–H groups in total. The molecular weight excluding hydrogens is 234 g/mol. The summed E-state index contributed by atoms with van der Waals surface area (Å²) < 4.78 is 2.24. The molecule has 1 aromatic carbocycles. The largest absolute Gasteiger partial charge is 0.475 e. The van der Waals surface area contributed by atoms with Crippen LogP contribution in [0.25, 0.3) is 5.69 Å². The molecule has 0 unspecified atom stereocenters. The van der Waals surface area contributed by atoms with Gasteiger partial charge in [0.2, 0.25) is 5.82 Å². The standard InChI is InChI=1S/C12H13N3O3/c1-3-14-10(11(16)17)13-15(12(14)18)9-6-4-5-8(2)7-9/h4-7H,3H2,1-2H3,(H,16,17). The van der Waals surface area contributed by atoms with E-state index in [1.54, 1.807) is 25.1 Å². The number of aromatic carboxylic acids is 1. The number of aromatic nitrogens is 3. The van der Waals surface area contributed by atoms with Crippen LogP contribution in [0, 0.1) is 6.92 Å². The van der Waals surface area contributed by atoms with Gasteiger partial charge in [0.1, 0.15) is 0 Å². The molecule has 2 aromatic rings. The normalized spacial score (nSPS) is 10.6. The van der Waals surface area contributed by atoms with Crippen LogP contribution in [0.4, 0.5) is 0 Å². The van der Waals surface area contributed by atoms with E-state index < -0.39 is 11.7 Å². The quantitative estimate of drug-likeness (QED) is 0.879. The summed E-state index contributed by atoms with van der Waals surface area (Å²) in [5, 5.41) is 12.9. The molecule has 0 aliphatic rings.